The molecule has 158 valence electrons. The van der Waals surface area contributed by atoms with E-state index in [1.54, 1.807) is 12.1 Å². The highest BCUT2D eigenvalue weighted by Crippen LogP contribution is 2.24. The second-order valence-electron chi connectivity index (χ2n) is 7.77. The van der Waals surface area contributed by atoms with Crippen LogP contribution in [0.25, 0.3) is 0 Å². The molecule has 2 rings (SSSR count). The molecule has 0 aliphatic carbocycles. The fraction of sp³-hybridized carbons (Fsp3) is 0.381. The van der Waals surface area contributed by atoms with Crippen LogP contribution in [0.5, 0.6) is 5.75 Å². The van der Waals surface area contributed by atoms with Gasteiger partial charge in [-0.1, -0.05) is 45.0 Å². The summed E-state index contributed by atoms with van der Waals surface area (Å²) in [5.74, 6) is 0.641. The Kier molecular flexibility index (Phi) is 7.78. The van der Waals surface area contributed by atoms with Crippen molar-refractivity contribution in [3.05, 3.63) is 59.7 Å². The predicted molar refractivity (Wildman–Crippen MR) is 113 cm³/mol. The van der Waals surface area contributed by atoms with Crippen LogP contribution >= 0.6 is 0 Å². The first-order valence-electron chi connectivity index (χ1n) is 9.38. The monoisotopic (exact) mass is 419 g/mol. The van der Waals surface area contributed by atoms with Crippen LogP contribution < -0.4 is 20.5 Å². The largest absolute Gasteiger partial charge is 0.492 e. The predicted octanol–water partition coefficient (Wildman–Crippen LogP) is 1.92. The zero-order chi connectivity index (χ0) is 21.5. The smallest absolute Gasteiger partial charge is 0.238 e. The molecule has 0 atom stereocenters. The van der Waals surface area contributed by atoms with Gasteiger partial charge in [-0.2, -0.15) is 0 Å². The Hall–Kier alpha value is -2.42. The van der Waals surface area contributed by atoms with Crippen molar-refractivity contribution < 1.29 is 17.9 Å². The molecule has 29 heavy (non-hydrogen) atoms. The number of benzene rings is 2. The van der Waals surface area contributed by atoms with E-state index in [9.17, 15) is 13.2 Å². The number of amides is 1. The molecule has 1 amide bonds. The fourth-order valence-corrected chi connectivity index (χ4v) is 3.07. The number of sulfonamides is 1. The molecule has 0 saturated carbocycles. The summed E-state index contributed by atoms with van der Waals surface area (Å²) < 4.78 is 28.1. The van der Waals surface area contributed by atoms with E-state index in [0.717, 1.165) is 11.3 Å². The van der Waals surface area contributed by atoms with E-state index in [1.807, 2.05) is 12.1 Å². The number of rotatable bonds is 9. The van der Waals surface area contributed by atoms with E-state index in [1.165, 1.54) is 17.7 Å². The molecule has 2 aromatic carbocycles. The summed E-state index contributed by atoms with van der Waals surface area (Å²) in [6, 6.07) is 14.1. The second kappa shape index (κ2) is 9.87. The Morgan fingerprint density at radius 2 is 1.66 bits per heavy atom. The van der Waals surface area contributed by atoms with Gasteiger partial charge < -0.3 is 15.4 Å². The molecule has 4 N–H and O–H groups in total. The van der Waals surface area contributed by atoms with E-state index in [4.69, 9.17) is 9.88 Å². The summed E-state index contributed by atoms with van der Waals surface area (Å²) in [7, 11) is -3.71. The first kappa shape index (κ1) is 22.9. The molecule has 0 saturated heterocycles. The maximum absolute atomic E-state index is 11.9. The Bertz CT molecular complexity index is 902. The van der Waals surface area contributed by atoms with E-state index in [-0.39, 0.29) is 22.8 Å². The second-order valence-corrected chi connectivity index (χ2v) is 9.33. The van der Waals surface area contributed by atoms with E-state index >= 15 is 0 Å². The summed E-state index contributed by atoms with van der Waals surface area (Å²) in [6.45, 7) is 7.96. The van der Waals surface area contributed by atoms with Gasteiger partial charge in [-0.25, -0.2) is 13.6 Å². The molecule has 2 aromatic rings. The van der Waals surface area contributed by atoms with E-state index in [2.05, 4.69) is 43.5 Å². The molecule has 0 radical (unpaired) electrons. The summed E-state index contributed by atoms with van der Waals surface area (Å²) >= 11 is 0. The van der Waals surface area contributed by atoms with Crippen LogP contribution in [-0.4, -0.2) is 34.0 Å². The third-order valence-electron chi connectivity index (χ3n) is 4.30. The van der Waals surface area contributed by atoms with Crippen molar-refractivity contribution in [2.45, 2.75) is 37.6 Å². The lowest BCUT2D eigenvalue weighted by molar-refractivity contribution is -0.120. The van der Waals surface area contributed by atoms with Crippen LogP contribution in [0.2, 0.25) is 0 Å². The van der Waals surface area contributed by atoms with Crippen molar-refractivity contribution in [3.8, 4) is 5.75 Å². The molecule has 0 aliphatic rings. The van der Waals surface area contributed by atoms with Crippen LogP contribution in [0.1, 0.15) is 31.9 Å². The van der Waals surface area contributed by atoms with Crippen molar-refractivity contribution in [2.75, 3.05) is 19.7 Å². The number of hydrogen-bond donors (Lipinski definition) is 3. The third kappa shape index (κ3) is 7.84. The first-order valence-corrected chi connectivity index (χ1v) is 10.9. The lowest BCUT2D eigenvalue weighted by Crippen LogP contribution is -2.35. The highest BCUT2D eigenvalue weighted by Gasteiger charge is 2.13. The van der Waals surface area contributed by atoms with Crippen molar-refractivity contribution >= 4 is 15.9 Å². The zero-order valence-electron chi connectivity index (χ0n) is 17.1. The summed E-state index contributed by atoms with van der Waals surface area (Å²) in [4.78, 5) is 11.9. The van der Waals surface area contributed by atoms with Crippen LogP contribution in [0.4, 0.5) is 0 Å². The minimum absolute atomic E-state index is 0.0438. The van der Waals surface area contributed by atoms with Gasteiger partial charge in [0.05, 0.1) is 11.4 Å². The zero-order valence-corrected chi connectivity index (χ0v) is 17.9. The Morgan fingerprint density at radius 1 is 1.03 bits per heavy atom. The molecule has 0 spiro atoms. The van der Waals surface area contributed by atoms with Gasteiger partial charge >= 0.3 is 0 Å². The lowest BCUT2D eigenvalue weighted by atomic mass is 9.87. The normalized spacial score (nSPS) is 11.9. The maximum atomic E-state index is 11.9. The molecule has 0 unspecified atom stereocenters. The standard InChI is InChI=1S/C21H29N3O4S/c1-21(2,3)17-6-8-18(9-7-17)28-13-12-23-15-20(25)24-14-16-4-10-19(11-5-16)29(22,26)27/h4-11,23H,12-15H2,1-3H3,(H,24,25)(H2,22,26,27). The highest BCUT2D eigenvalue weighted by atomic mass is 32.2. The van der Waals surface area contributed by atoms with Gasteiger partial charge in [-0.15, -0.1) is 0 Å². The van der Waals surface area contributed by atoms with E-state index in [0.29, 0.717) is 19.7 Å². The Morgan fingerprint density at radius 3 is 2.21 bits per heavy atom. The number of hydrogen-bond acceptors (Lipinski definition) is 5. The minimum Gasteiger partial charge on any atom is -0.492 e. The van der Waals surface area contributed by atoms with Crippen LogP contribution in [0.3, 0.4) is 0 Å². The van der Waals surface area contributed by atoms with Crippen molar-refractivity contribution in [1.82, 2.24) is 10.6 Å². The van der Waals surface area contributed by atoms with Gasteiger partial charge in [0.15, 0.2) is 0 Å². The molecule has 0 heterocycles. The van der Waals surface area contributed by atoms with Crippen LogP contribution in [0, 0.1) is 0 Å². The van der Waals surface area contributed by atoms with E-state index < -0.39 is 10.0 Å². The molecule has 7 nitrogen and oxygen atoms in total. The van der Waals surface area contributed by atoms with Gasteiger partial charge in [0.25, 0.3) is 0 Å². The number of carbonyl (C=O) groups is 1. The topological polar surface area (TPSA) is 111 Å². The molecular formula is C21H29N3O4S. The number of primary sulfonamides is 1. The van der Waals surface area contributed by atoms with Crippen molar-refractivity contribution in [2.24, 2.45) is 5.14 Å². The van der Waals surface area contributed by atoms with Gasteiger partial charge in [0.1, 0.15) is 12.4 Å². The number of nitrogens with two attached hydrogens (primary N) is 1. The molecule has 0 fully saturated rings. The summed E-state index contributed by atoms with van der Waals surface area (Å²) in [5, 5.41) is 10.8. The third-order valence-corrected chi connectivity index (χ3v) is 5.22. The van der Waals surface area contributed by atoms with Crippen LogP contribution in [0.15, 0.2) is 53.4 Å². The van der Waals surface area contributed by atoms with Gasteiger partial charge in [-0.05, 0) is 40.8 Å². The number of carbonyl (C=O) groups excluding carboxylic acids is 1. The number of nitrogens with one attached hydrogen (secondary N) is 2. The van der Waals surface area contributed by atoms with Gasteiger partial charge in [0, 0.05) is 13.1 Å². The quantitative estimate of drug-likeness (QED) is 0.538. The first-order chi connectivity index (χ1) is 13.6. The lowest BCUT2D eigenvalue weighted by Gasteiger charge is -2.19. The summed E-state index contributed by atoms with van der Waals surface area (Å²) in [5.41, 5.74) is 2.14. The average Bonchev–Trinajstić information content (AvgIpc) is 2.65. The average molecular weight is 420 g/mol. The van der Waals surface area contributed by atoms with Crippen molar-refractivity contribution in [3.63, 3.8) is 0 Å². The van der Waals surface area contributed by atoms with Gasteiger partial charge in [0.2, 0.25) is 15.9 Å². The Balaban J connectivity index is 1.63. The molecule has 8 heteroatoms. The molecule has 0 aromatic heterocycles. The molecular weight excluding hydrogens is 390 g/mol. The molecule has 0 bridgehead atoms. The minimum atomic E-state index is -3.71. The highest BCUT2D eigenvalue weighted by molar-refractivity contribution is 7.89. The molecule has 0 aliphatic heterocycles. The Labute approximate surface area is 172 Å². The SMILES string of the molecule is CC(C)(C)c1ccc(OCCNCC(=O)NCc2ccc(S(N)(=O)=O)cc2)cc1. The fourth-order valence-electron chi connectivity index (χ4n) is 2.55. The van der Waals surface area contributed by atoms with Gasteiger partial charge in [-0.3, -0.25) is 4.79 Å². The van der Waals surface area contributed by atoms with Crippen molar-refractivity contribution in [1.29, 1.82) is 0 Å². The number of ether oxygens (including phenoxy) is 1. The summed E-state index contributed by atoms with van der Waals surface area (Å²) in [6.07, 6.45) is 0. The van der Waals surface area contributed by atoms with Crippen LogP contribution in [-0.2, 0) is 26.8 Å². The maximum Gasteiger partial charge on any atom is 0.238 e.